The summed E-state index contributed by atoms with van der Waals surface area (Å²) >= 11 is 0. The van der Waals surface area contributed by atoms with Crippen molar-refractivity contribution in [3.8, 4) is 6.07 Å². The Kier molecular flexibility index (Phi) is 7.51. The molecule has 0 aromatic heterocycles. The Morgan fingerprint density at radius 3 is 2.21 bits per heavy atom. The van der Waals surface area contributed by atoms with E-state index in [2.05, 4.69) is 38.7 Å². The van der Waals surface area contributed by atoms with Crippen molar-refractivity contribution in [3.63, 3.8) is 0 Å². The lowest BCUT2D eigenvalue weighted by atomic mass is 10.1. The summed E-state index contributed by atoms with van der Waals surface area (Å²) in [4.78, 5) is 2.35. The predicted octanol–water partition coefficient (Wildman–Crippen LogP) is 3.19. The minimum atomic E-state index is 0.108. The second-order valence-corrected chi connectivity index (χ2v) is 3.90. The first-order chi connectivity index (χ1) is 6.71. The third-order valence-electron chi connectivity index (χ3n) is 2.86. The van der Waals surface area contributed by atoms with Gasteiger partial charge in [0.15, 0.2) is 0 Å². The van der Waals surface area contributed by atoms with Crippen LogP contribution in [0.1, 0.15) is 53.4 Å². The van der Waals surface area contributed by atoms with Gasteiger partial charge in [0.05, 0.1) is 12.1 Å². The van der Waals surface area contributed by atoms with Crippen molar-refractivity contribution >= 4 is 0 Å². The van der Waals surface area contributed by atoms with E-state index < -0.39 is 0 Å². The van der Waals surface area contributed by atoms with Gasteiger partial charge in [-0.2, -0.15) is 5.26 Å². The van der Waals surface area contributed by atoms with E-state index in [1.807, 2.05) is 0 Å². The van der Waals surface area contributed by atoms with Crippen LogP contribution in [0.15, 0.2) is 0 Å². The van der Waals surface area contributed by atoms with E-state index in [9.17, 15) is 0 Å². The summed E-state index contributed by atoms with van der Waals surface area (Å²) in [7, 11) is 0. The molecule has 82 valence electrons. The summed E-state index contributed by atoms with van der Waals surface area (Å²) in [6.45, 7) is 9.76. The summed E-state index contributed by atoms with van der Waals surface area (Å²) in [5, 5.41) is 9.05. The van der Waals surface area contributed by atoms with Crippen molar-refractivity contribution in [2.24, 2.45) is 0 Å². The maximum Gasteiger partial charge on any atom is 0.0977 e. The van der Waals surface area contributed by atoms with E-state index in [1.165, 1.54) is 12.8 Å². The first-order valence-corrected chi connectivity index (χ1v) is 5.86. The van der Waals surface area contributed by atoms with E-state index in [1.54, 1.807) is 0 Å². The number of nitrogens with zero attached hydrogens (tertiary/aromatic N) is 2. The zero-order valence-electron chi connectivity index (χ0n) is 10.1. The van der Waals surface area contributed by atoms with Crippen LogP contribution in [0.2, 0.25) is 0 Å². The maximum atomic E-state index is 9.05. The minimum Gasteiger partial charge on any atom is -0.285 e. The van der Waals surface area contributed by atoms with Gasteiger partial charge in [0.1, 0.15) is 0 Å². The molecule has 0 heterocycles. The van der Waals surface area contributed by atoms with Crippen molar-refractivity contribution in [2.75, 3.05) is 6.54 Å². The Hall–Kier alpha value is -0.550. The van der Waals surface area contributed by atoms with Crippen molar-refractivity contribution < 1.29 is 0 Å². The largest absolute Gasteiger partial charge is 0.285 e. The Labute approximate surface area is 88.9 Å². The number of rotatable bonds is 7. The van der Waals surface area contributed by atoms with Gasteiger partial charge in [-0.3, -0.25) is 4.90 Å². The monoisotopic (exact) mass is 196 g/mol. The molecule has 2 heteroatoms. The number of hydrogen-bond acceptors (Lipinski definition) is 2. The third kappa shape index (κ3) is 4.11. The second kappa shape index (κ2) is 7.82. The Morgan fingerprint density at radius 2 is 1.86 bits per heavy atom. The summed E-state index contributed by atoms with van der Waals surface area (Å²) in [5.41, 5.74) is 0. The highest BCUT2D eigenvalue weighted by molar-refractivity contribution is 4.92. The molecule has 0 saturated heterocycles. The molecule has 0 aliphatic heterocycles. The molecular formula is C12H24N2. The predicted molar refractivity (Wildman–Crippen MR) is 61.1 cm³/mol. The van der Waals surface area contributed by atoms with Crippen LogP contribution in [0.4, 0.5) is 0 Å². The van der Waals surface area contributed by atoms with Gasteiger partial charge in [0.25, 0.3) is 0 Å². The van der Waals surface area contributed by atoms with Crippen LogP contribution in [0.25, 0.3) is 0 Å². The molecule has 0 aromatic rings. The van der Waals surface area contributed by atoms with Gasteiger partial charge < -0.3 is 0 Å². The van der Waals surface area contributed by atoms with Gasteiger partial charge in [0, 0.05) is 6.04 Å². The van der Waals surface area contributed by atoms with Crippen LogP contribution in [-0.4, -0.2) is 23.5 Å². The van der Waals surface area contributed by atoms with Gasteiger partial charge in [-0.1, -0.05) is 27.2 Å². The Bertz CT molecular complexity index is 172. The zero-order valence-corrected chi connectivity index (χ0v) is 10.1. The molecule has 2 nitrogen and oxygen atoms in total. The highest BCUT2D eigenvalue weighted by Gasteiger charge is 2.19. The van der Waals surface area contributed by atoms with Crippen LogP contribution in [0.3, 0.4) is 0 Å². The SMILES string of the molecule is CCCCN(C(C)CC)C(C#N)CC. The third-order valence-corrected chi connectivity index (χ3v) is 2.86. The minimum absolute atomic E-state index is 0.108. The van der Waals surface area contributed by atoms with Gasteiger partial charge in [-0.05, 0) is 32.7 Å². The molecule has 14 heavy (non-hydrogen) atoms. The molecule has 0 bridgehead atoms. The van der Waals surface area contributed by atoms with Gasteiger partial charge in [-0.15, -0.1) is 0 Å². The lowest BCUT2D eigenvalue weighted by Crippen LogP contribution is -2.41. The highest BCUT2D eigenvalue weighted by Crippen LogP contribution is 2.12. The van der Waals surface area contributed by atoms with Crippen LogP contribution < -0.4 is 0 Å². The fraction of sp³-hybridized carbons (Fsp3) is 0.917. The van der Waals surface area contributed by atoms with E-state index in [0.29, 0.717) is 6.04 Å². The molecule has 0 aliphatic carbocycles. The molecule has 0 spiro atoms. The van der Waals surface area contributed by atoms with Crippen LogP contribution in [0, 0.1) is 11.3 Å². The first-order valence-electron chi connectivity index (χ1n) is 5.86. The summed E-state index contributed by atoms with van der Waals surface area (Å²) in [5.74, 6) is 0. The average Bonchev–Trinajstić information content (AvgIpc) is 2.23. The van der Waals surface area contributed by atoms with Crippen LogP contribution >= 0.6 is 0 Å². The topological polar surface area (TPSA) is 27.0 Å². The first kappa shape index (κ1) is 13.4. The molecular weight excluding hydrogens is 172 g/mol. The maximum absolute atomic E-state index is 9.05. The molecule has 2 unspecified atom stereocenters. The molecule has 0 N–H and O–H groups in total. The van der Waals surface area contributed by atoms with E-state index >= 15 is 0 Å². The molecule has 0 amide bonds. The Morgan fingerprint density at radius 1 is 1.21 bits per heavy atom. The van der Waals surface area contributed by atoms with Gasteiger partial charge in [-0.25, -0.2) is 0 Å². The molecule has 0 radical (unpaired) electrons. The quantitative estimate of drug-likeness (QED) is 0.625. The van der Waals surface area contributed by atoms with Crippen molar-refractivity contribution in [2.45, 2.75) is 65.5 Å². The Balaban J connectivity index is 4.29. The summed E-state index contributed by atoms with van der Waals surface area (Å²) < 4.78 is 0. The molecule has 0 fully saturated rings. The standard InChI is InChI=1S/C12H24N2/c1-5-8-9-14(11(4)6-2)12(7-3)10-13/h11-12H,5-9H2,1-4H3. The molecule has 2 atom stereocenters. The smallest absolute Gasteiger partial charge is 0.0977 e. The second-order valence-electron chi connectivity index (χ2n) is 3.90. The molecule has 0 aromatic carbocycles. The lowest BCUT2D eigenvalue weighted by Gasteiger charge is -2.31. The highest BCUT2D eigenvalue weighted by atomic mass is 15.2. The molecule has 0 aliphatic rings. The fourth-order valence-electron chi connectivity index (χ4n) is 1.66. The number of nitriles is 1. The normalized spacial score (nSPS) is 15.1. The molecule has 0 rings (SSSR count). The summed E-state index contributed by atoms with van der Waals surface area (Å²) in [6, 6.07) is 3.04. The van der Waals surface area contributed by atoms with E-state index in [0.717, 1.165) is 19.4 Å². The summed E-state index contributed by atoms with van der Waals surface area (Å²) in [6.07, 6.45) is 4.46. The van der Waals surface area contributed by atoms with Crippen molar-refractivity contribution in [3.05, 3.63) is 0 Å². The zero-order chi connectivity index (χ0) is 11.0. The lowest BCUT2D eigenvalue weighted by molar-refractivity contribution is 0.164. The molecule has 0 saturated carbocycles. The van der Waals surface area contributed by atoms with Gasteiger partial charge in [0.2, 0.25) is 0 Å². The fourth-order valence-corrected chi connectivity index (χ4v) is 1.66. The van der Waals surface area contributed by atoms with Gasteiger partial charge >= 0.3 is 0 Å². The van der Waals surface area contributed by atoms with Crippen molar-refractivity contribution in [1.82, 2.24) is 4.90 Å². The van der Waals surface area contributed by atoms with Crippen LogP contribution in [0.5, 0.6) is 0 Å². The average molecular weight is 196 g/mol. The number of hydrogen-bond donors (Lipinski definition) is 0. The van der Waals surface area contributed by atoms with Crippen LogP contribution in [-0.2, 0) is 0 Å². The van der Waals surface area contributed by atoms with E-state index in [-0.39, 0.29) is 6.04 Å². The van der Waals surface area contributed by atoms with E-state index in [4.69, 9.17) is 5.26 Å². The number of unbranched alkanes of at least 4 members (excludes halogenated alkanes) is 1. The van der Waals surface area contributed by atoms with Crippen molar-refractivity contribution in [1.29, 1.82) is 5.26 Å².